The molecule has 0 amide bonds. The number of ether oxygens (including phenoxy) is 2. The molecule has 8 nitrogen and oxygen atoms in total. The molecule has 5 N–H and O–H groups in total. The first kappa shape index (κ1) is 16.0. The Hall–Kier alpha value is -1.03. The molecule has 110 valence electrons. The van der Waals surface area contributed by atoms with Gasteiger partial charge in [0, 0.05) is 0 Å². The lowest BCUT2D eigenvalue weighted by Crippen LogP contribution is -2.58. The van der Waals surface area contributed by atoms with E-state index in [4.69, 9.17) is 14.6 Å². The van der Waals surface area contributed by atoms with Crippen molar-refractivity contribution in [3.8, 4) is 0 Å². The van der Waals surface area contributed by atoms with Crippen LogP contribution in [0.15, 0.2) is 12.2 Å². The highest BCUT2D eigenvalue weighted by Gasteiger charge is 2.43. The molecule has 6 atom stereocenters. The van der Waals surface area contributed by atoms with Gasteiger partial charge < -0.3 is 35.0 Å². The minimum absolute atomic E-state index is 0.175. The van der Waals surface area contributed by atoms with E-state index in [1.54, 1.807) is 0 Å². The second kappa shape index (κ2) is 6.42. The van der Waals surface area contributed by atoms with Crippen molar-refractivity contribution in [3.05, 3.63) is 12.2 Å². The number of rotatable bonds is 4. The van der Waals surface area contributed by atoms with Gasteiger partial charge in [-0.2, -0.15) is 0 Å². The van der Waals surface area contributed by atoms with Gasteiger partial charge >= 0.3 is 5.97 Å². The molecule has 0 spiro atoms. The fraction of sp³-hybridized carbons (Fsp3) is 0.727. The first-order valence-electron chi connectivity index (χ1n) is 5.67. The summed E-state index contributed by atoms with van der Waals surface area (Å²) in [5.74, 6) is -0.888. The molecule has 1 aliphatic rings. The molecule has 1 fully saturated rings. The molecule has 0 saturated carbocycles. The zero-order chi connectivity index (χ0) is 14.7. The van der Waals surface area contributed by atoms with Crippen LogP contribution in [-0.4, -0.2) is 74.9 Å². The molecule has 0 aromatic rings. The van der Waals surface area contributed by atoms with E-state index in [1.165, 1.54) is 6.92 Å². The largest absolute Gasteiger partial charge is 0.459 e. The lowest BCUT2D eigenvalue weighted by Gasteiger charge is -2.37. The number of hydrogen-bond donors (Lipinski definition) is 5. The van der Waals surface area contributed by atoms with E-state index in [-0.39, 0.29) is 5.57 Å². The summed E-state index contributed by atoms with van der Waals surface area (Å²) in [6.45, 7) is 4.18. The van der Waals surface area contributed by atoms with Crippen molar-refractivity contribution in [2.24, 2.45) is 0 Å². The summed E-state index contributed by atoms with van der Waals surface area (Å²) in [4.78, 5) is 11.4. The van der Waals surface area contributed by atoms with Crippen LogP contribution in [0.1, 0.15) is 6.92 Å². The zero-order valence-corrected chi connectivity index (χ0v) is 10.3. The van der Waals surface area contributed by atoms with Gasteiger partial charge in [0.2, 0.25) is 0 Å². The molecule has 1 unspecified atom stereocenters. The Balaban J connectivity index is 2.53. The molecular formula is C11H18O8. The molecule has 1 saturated heterocycles. The third-order valence-electron chi connectivity index (χ3n) is 2.83. The highest BCUT2D eigenvalue weighted by molar-refractivity contribution is 5.88. The molecule has 0 aromatic heterocycles. The van der Waals surface area contributed by atoms with Gasteiger partial charge in [-0.05, 0) is 6.92 Å². The number of carbonyl (C=O) groups excluding carboxylic acids is 1. The van der Waals surface area contributed by atoms with E-state index in [9.17, 15) is 25.2 Å². The Labute approximate surface area is 109 Å². The Bertz CT molecular complexity index is 342. The van der Waals surface area contributed by atoms with Crippen molar-refractivity contribution in [1.82, 2.24) is 0 Å². The average molecular weight is 278 g/mol. The third-order valence-corrected chi connectivity index (χ3v) is 2.83. The highest BCUT2D eigenvalue weighted by atomic mass is 16.6. The van der Waals surface area contributed by atoms with Gasteiger partial charge in [-0.3, -0.25) is 0 Å². The summed E-state index contributed by atoms with van der Waals surface area (Å²) in [5.41, 5.74) is -0.175. The minimum atomic E-state index is -1.69. The van der Waals surface area contributed by atoms with Gasteiger partial charge in [-0.25, -0.2) is 4.79 Å². The monoisotopic (exact) mass is 278 g/mol. The molecular weight excluding hydrogens is 260 g/mol. The lowest BCUT2D eigenvalue weighted by atomic mass is 9.99. The molecule has 1 heterocycles. The summed E-state index contributed by atoms with van der Waals surface area (Å²) < 4.78 is 9.52. The topological polar surface area (TPSA) is 137 Å². The van der Waals surface area contributed by atoms with Crippen LogP contribution in [0.25, 0.3) is 0 Å². The van der Waals surface area contributed by atoms with E-state index >= 15 is 0 Å². The number of hydrogen-bond acceptors (Lipinski definition) is 8. The van der Waals surface area contributed by atoms with Crippen molar-refractivity contribution in [2.75, 3.05) is 6.61 Å². The fourth-order valence-electron chi connectivity index (χ4n) is 1.49. The normalized spacial score (nSPS) is 36.6. The van der Waals surface area contributed by atoms with Gasteiger partial charge in [0.25, 0.3) is 0 Å². The van der Waals surface area contributed by atoms with Crippen LogP contribution in [0.3, 0.4) is 0 Å². The molecule has 0 aliphatic carbocycles. The van der Waals surface area contributed by atoms with Crippen LogP contribution in [0.4, 0.5) is 0 Å². The number of aliphatic hydroxyl groups is 5. The Morgan fingerprint density at radius 1 is 1.26 bits per heavy atom. The summed E-state index contributed by atoms with van der Waals surface area (Å²) in [6, 6.07) is 0. The Morgan fingerprint density at radius 3 is 2.37 bits per heavy atom. The van der Waals surface area contributed by atoms with E-state index in [0.29, 0.717) is 0 Å². The summed E-state index contributed by atoms with van der Waals surface area (Å²) in [6.07, 6.45) is -8.75. The van der Waals surface area contributed by atoms with Crippen molar-refractivity contribution in [2.45, 2.75) is 43.7 Å². The molecule has 0 aromatic carbocycles. The standard InChI is InChI=1S/C11H18O8/c1-4(5(2)12)10(16)18-3-6-7(13)8(14)9(15)11(17)19-6/h5-9,11-15,17H,1,3H2,2H3/t5-,6+,7+,8-,9+,11?/m0/s1. The van der Waals surface area contributed by atoms with Crippen molar-refractivity contribution < 1.29 is 39.8 Å². The second-order valence-corrected chi connectivity index (χ2v) is 4.34. The first-order chi connectivity index (χ1) is 8.75. The van der Waals surface area contributed by atoms with Crippen molar-refractivity contribution >= 4 is 5.97 Å². The molecule has 1 rings (SSSR count). The Kier molecular flexibility index (Phi) is 5.41. The van der Waals surface area contributed by atoms with Crippen molar-refractivity contribution in [3.63, 3.8) is 0 Å². The Morgan fingerprint density at radius 2 is 1.84 bits per heavy atom. The molecule has 8 heteroatoms. The van der Waals surface area contributed by atoms with Crippen LogP contribution in [0.2, 0.25) is 0 Å². The van der Waals surface area contributed by atoms with Crippen LogP contribution >= 0.6 is 0 Å². The quantitative estimate of drug-likeness (QED) is 0.276. The lowest BCUT2D eigenvalue weighted by molar-refractivity contribution is -0.287. The minimum Gasteiger partial charge on any atom is -0.459 e. The highest BCUT2D eigenvalue weighted by Crippen LogP contribution is 2.20. The van der Waals surface area contributed by atoms with E-state index in [2.05, 4.69) is 6.58 Å². The third kappa shape index (κ3) is 3.72. The van der Waals surface area contributed by atoms with Gasteiger partial charge in [0.1, 0.15) is 31.0 Å². The van der Waals surface area contributed by atoms with Crippen LogP contribution < -0.4 is 0 Å². The summed E-state index contributed by atoms with van der Waals surface area (Å²) in [7, 11) is 0. The van der Waals surface area contributed by atoms with Gasteiger partial charge in [-0.15, -0.1) is 0 Å². The molecule has 1 aliphatic heterocycles. The van der Waals surface area contributed by atoms with Crippen LogP contribution in [-0.2, 0) is 14.3 Å². The SMILES string of the molecule is C=C(C(=O)OC[C@H]1OC(O)[C@H](O)[C@@H](O)[C@@H]1O)[C@H](C)O. The molecule has 0 radical (unpaired) electrons. The van der Waals surface area contributed by atoms with Gasteiger partial charge in [0.05, 0.1) is 11.7 Å². The predicted molar refractivity (Wildman–Crippen MR) is 60.7 cm³/mol. The van der Waals surface area contributed by atoms with Gasteiger partial charge in [-0.1, -0.05) is 6.58 Å². The van der Waals surface area contributed by atoms with Crippen molar-refractivity contribution in [1.29, 1.82) is 0 Å². The van der Waals surface area contributed by atoms with E-state index < -0.39 is 49.4 Å². The maximum Gasteiger partial charge on any atom is 0.336 e. The molecule has 19 heavy (non-hydrogen) atoms. The smallest absolute Gasteiger partial charge is 0.336 e. The number of esters is 1. The maximum absolute atomic E-state index is 11.4. The average Bonchev–Trinajstić information content (AvgIpc) is 2.37. The van der Waals surface area contributed by atoms with Crippen LogP contribution in [0.5, 0.6) is 0 Å². The second-order valence-electron chi connectivity index (χ2n) is 4.34. The van der Waals surface area contributed by atoms with E-state index in [0.717, 1.165) is 0 Å². The van der Waals surface area contributed by atoms with E-state index in [1.807, 2.05) is 0 Å². The maximum atomic E-state index is 11.4. The fourth-order valence-corrected chi connectivity index (χ4v) is 1.49. The van der Waals surface area contributed by atoms with Gasteiger partial charge in [0.15, 0.2) is 6.29 Å². The number of carbonyl (C=O) groups is 1. The number of aliphatic hydroxyl groups excluding tert-OH is 5. The zero-order valence-electron chi connectivity index (χ0n) is 10.3. The van der Waals surface area contributed by atoms with Crippen LogP contribution in [0, 0.1) is 0 Å². The molecule has 0 bridgehead atoms. The summed E-state index contributed by atoms with van der Waals surface area (Å²) in [5, 5.41) is 46.6. The first-order valence-corrected chi connectivity index (χ1v) is 5.67. The summed E-state index contributed by atoms with van der Waals surface area (Å²) >= 11 is 0. The predicted octanol–water partition coefficient (Wildman–Crippen LogP) is -2.73.